The molecule has 5 heteroatoms. The molecule has 0 nitrogen and oxygen atoms in total. The standard InChI is InChI=1S/C18H13F.C10H21Cl3Si/c19-18-7-3-6-14-16-9-8-12-4-1-2-5-13(12)15(16)10-11-17(14)18;1-2-3-4-5-6-7-8-9-10-14(11,12)13/h1-6,8-11,18H,7H2;2-10H2,1H3. The first-order valence-corrected chi connectivity index (χ1v) is 17.5. The Kier molecular flexibility index (Phi) is 10.6. The fraction of sp³-hybridized carbons (Fsp3) is 0.429. The monoisotopic (exact) mass is 522 g/mol. The molecule has 0 aromatic heterocycles. The van der Waals surface area contributed by atoms with Crippen LogP contribution in [0.25, 0.3) is 27.6 Å². The van der Waals surface area contributed by atoms with Crippen molar-refractivity contribution in [1.29, 1.82) is 0 Å². The third-order valence-corrected chi connectivity index (χ3v) is 8.90. The number of hydrogen-bond donors (Lipinski definition) is 0. The van der Waals surface area contributed by atoms with Crippen LogP contribution in [0.4, 0.5) is 4.39 Å². The first-order chi connectivity index (χ1) is 15.9. The van der Waals surface area contributed by atoms with Gasteiger partial charge < -0.3 is 0 Å². The van der Waals surface area contributed by atoms with Crippen LogP contribution in [0.15, 0.2) is 54.6 Å². The van der Waals surface area contributed by atoms with E-state index in [2.05, 4.69) is 49.4 Å². The number of fused-ring (bicyclic) bond motifs is 5. The molecule has 0 amide bonds. The van der Waals surface area contributed by atoms with Gasteiger partial charge in [-0.2, -0.15) is 0 Å². The van der Waals surface area contributed by atoms with Crippen molar-refractivity contribution in [2.24, 2.45) is 0 Å². The molecule has 0 saturated carbocycles. The third-order valence-electron chi connectivity index (χ3n) is 6.28. The molecular formula is C28H34Cl3FSi. The molecule has 0 N–H and O–H groups in total. The van der Waals surface area contributed by atoms with Crippen LogP contribution in [-0.4, -0.2) is 6.00 Å². The maximum atomic E-state index is 14.0. The maximum Gasteiger partial charge on any atom is 0.341 e. The Labute approximate surface area is 213 Å². The minimum Gasteiger partial charge on any atom is -0.242 e. The Morgan fingerprint density at radius 2 is 1.45 bits per heavy atom. The van der Waals surface area contributed by atoms with Gasteiger partial charge in [-0.25, -0.2) is 4.39 Å². The van der Waals surface area contributed by atoms with Gasteiger partial charge in [-0.15, -0.1) is 33.2 Å². The first-order valence-electron chi connectivity index (χ1n) is 12.2. The third kappa shape index (κ3) is 7.99. The molecule has 4 rings (SSSR count). The summed E-state index contributed by atoms with van der Waals surface area (Å²) in [6.45, 7) is 2.24. The summed E-state index contributed by atoms with van der Waals surface area (Å²) in [5.41, 5.74) is 1.87. The summed E-state index contributed by atoms with van der Waals surface area (Å²) >= 11 is 17.4. The predicted octanol–water partition coefficient (Wildman–Crippen LogP) is 11.2. The molecular weight excluding hydrogens is 490 g/mol. The lowest BCUT2D eigenvalue weighted by Gasteiger charge is -2.17. The zero-order chi connectivity index (χ0) is 23.7. The Bertz CT molecular complexity index is 1060. The zero-order valence-electron chi connectivity index (χ0n) is 19.4. The second-order valence-electron chi connectivity index (χ2n) is 8.90. The molecule has 0 bridgehead atoms. The number of hydrogen-bond acceptors (Lipinski definition) is 0. The van der Waals surface area contributed by atoms with Gasteiger partial charge in [-0.1, -0.05) is 119 Å². The van der Waals surface area contributed by atoms with Crippen molar-refractivity contribution in [1.82, 2.24) is 0 Å². The highest BCUT2D eigenvalue weighted by atomic mass is 35.8. The number of unbranched alkanes of at least 4 members (excludes halogenated alkanes) is 7. The van der Waals surface area contributed by atoms with E-state index in [9.17, 15) is 4.39 Å². The van der Waals surface area contributed by atoms with E-state index >= 15 is 0 Å². The topological polar surface area (TPSA) is 0 Å². The van der Waals surface area contributed by atoms with Gasteiger partial charge in [-0.3, -0.25) is 0 Å². The van der Waals surface area contributed by atoms with Crippen molar-refractivity contribution < 1.29 is 4.39 Å². The second kappa shape index (κ2) is 13.1. The number of halogens is 4. The van der Waals surface area contributed by atoms with Crippen LogP contribution in [-0.2, 0) is 0 Å². The minimum atomic E-state index is -2.32. The van der Waals surface area contributed by atoms with E-state index < -0.39 is 12.2 Å². The molecule has 1 aliphatic carbocycles. The van der Waals surface area contributed by atoms with Crippen molar-refractivity contribution in [3.05, 3.63) is 65.7 Å². The molecule has 1 aliphatic rings. The summed E-state index contributed by atoms with van der Waals surface area (Å²) in [5, 5.41) is 4.81. The lowest BCUT2D eigenvalue weighted by Crippen LogP contribution is -2.07. The largest absolute Gasteiger partial charge is 0.341 e. The highest BCUT2D eigenvalue weighted by molar-refractivity contribution is 7.64. The van der Waals surface area contributed by atoms with Gasteiger partial charge in [0, 0.05) is 6.42 Å². The van der Waals surface area contributed by atoms with Gasteiger partial charge >= 0.3 is 6.00 Å². The van der Waals surface area contributed by atoms with Crippen LogP contribution in [0.1, 0.15) is 82.0 Å². The van der Waals surface area contributed by atoms with Crippen molar-refractivity contribution >= 4 is 66.9 Å². The van der Waals surface area contributed by atoms with Crippen LogP contribution in [0.5, 0.6) is 0 Å². The normalized spacial score (nSPS) is 15.4. The van der Waals surface area contributed by atoms with E-state index in [1.54, 1.807) is 0 Å². The number of alkyl halides is 1. The van der Waals surface area contributed by atoms with E-state index in [1.165, 1.54) is 61.1 Å². The van der Waals surface area contributed by atoms with Crippen molar-refractivity contribution in [3.63, 3.8) is 0 Å². The molecule has 0 spiro atoms. The fourth-order valence-electron chi connectivity index (χ4n) is 4.48. The molecule has 0 heterocycles. The average Bonchev–Trinajstić information content (AvgIpc) is 2.80. The smallest absolute Gasteiger partial charge is 0.242 e. The molecule has 33 heavy (non-hydrogen) atoms. The first kappa shape index (κ1) is 26.5. The summed E-state index contributed by atoms with van der Waals surface area (Å²) in [5.74, 6) is 0. The Morgan fingerprint density at radius 1 is 0.788 bits per heavy atom. The maximum absolute atomic E-state index is 14.0. The van der Waals surface area contributed by atoms with Gasteiger partial charge in [0.1, 0.15) is 6.17 Å². The lowest BCUT2D eigenvalue weighted by atomic mass is 9.89. The second-order valence-corrected chi connectivity index (χ2v) is 18.2. The zero-order valence-corrected chi connectivity index (χ0v) is 22.7. The van der Waals surface area contributed by atoms with E-state index in [1.807, 2.05) is 18.2 Å². The quantitative estimate of drug-likeness (QED) is 0.113. The summed E-state index contributed by atoms with van der Waals surface area (Å²) in [6, 6.07) is 15.1. The van der Waals surface area contributed by atoms with Gasteiger partial charge in [0.2, 0.25) is 0 Å². The molecule has 0 fully saturated rings. The van der Waals surface area contributed by atoms with Crippen LogP contribution >= 0.6 is 33.2 Å². The summed E-state index contributed by atoms with van der Waals surface area (Å²) in [6.07, 6.45) is 14.0. The van der Waals surface area contributed by atoms with Gasteiger partial charge in [0.25, 0.3) is 0 Å². The number of benzene rings is 3. The SMILES string of the molecule is CCCCCCCCCC[Si](Cl)(Cl)Cl.FC1CC=Cc2c1ccc1c2ccc2ccccc21. The molecule has 178 valence electrons. The summed E-state index contributed by atoms with van der Waals surface area (Å²) in [4.78, 5) is 0. The number of allylic oxidation sites excluding steroid dienone is 1. The van der Waals surface area contributed by atoms with E-state index in [0.717, 1.165) is 29.0 Å². The van der Waals surface area contributed by atoms with E-state index in [-0.39, 0.29) is 0 Å². The average molecular weight is 524 g/mol. The highest BCUT2D eigenvalue weighted by Crippen LogP contribution is 2.37. The lowest BCUT2D eigenvalue weighted by molar-refractivity contribution is 0.345. The van der Waals surface area contributed by atoms with Crippen molar-refractivity contribution in [2.45, 2.75) is 76.9 Å². The molecule has 0 saturated heterocycles. The minimum absolute atomic E-state index is 0.492. The van der Waals surface area contributed by atoms with Crippen LogP contribution in [0.2, 0.25) is 6.04 Å². The summed E-state index contributed by atoms with van der Waals surface area (Å²) in [7, 11) is 0. The van der Waals surface area contributed by atoms with Crippen molar-refractivity contribution in [2.75, 3.05) is 0 Å². The van der Waals surface area contributed by atoms with Gasteiger partial charge in [0.05, 0.1) is 0 Å². The molecule has 0 radical (unpaired) electrons. The van der Waals surface area contributed by atoms with Gasteiger partial charge in [0.15, 0.2) is 0 Å². The van der Waals surface area contributed by atoms with Crippen LogP contribution < -0.4 is 0 Å². The van der Waals surface area contributed by atoms with Crippen LogP contribution in [0.3, 0.4) is 0 Å². The van der Waals surface area contributed by atoms with Gasteiger partial charge in [-0.05, 0) is 38.7 Å². The number of rotatable bonds is 9. The summed E-state index contributed by atoms with van der Waals surface area (Å²) < 4.78 is 14.0. The fourth-order valence-corrected chi connectivity index (χ4v) is 6.33. The molecule has 3 aromatic carbocycles. The predicted molar refractivity (Wildman–Crippen MR) is 150 cm³/mol. The van der Waals surface area contributed by atoms with E-state index in [0.29, 0.717) is 6.42 Å². The highest BCUT2D eigenvalue weighted by Gasteiger charge is 2.23. The van der Waals surface area contributed by atoms with Crippen LogP contribution in [0, 0.1) is 0 Å². The molecule has 1 unspecified atom stereocenters. The van der Waals surface area contributed by atoms with E-state index in [4.69, 9.17) is 33.2 Å². The molecule has 1 atom stereocenters. The Balaban J connectivity index is 0.000000197. The van der Waals surface area contributed by atoms with Crippen molar-refractivity contribution in [3.8, 4) is 0 Å². The Hall–Kier alpha value is -1.06. The Morgan fingerprint density at radius 3 is 2.18 bits per heavy atom. The molecule has 0 aliphatic heterocycles. The molecule has 3 aromatic rings.